The summed E-state index contributed by atoms with van der Waals surface area (Å²) in [5, 5.41) is 5.93. The average molecular weight is 180 g/mol. The van der Waals surface area contributed by atoms with E-state index in [-0.39, 0.29) is 5.91 Å². The van der Waals surface area contributed by atoms with Crippen molar-refractivity contribution in [3.8, 4) is 12.3 Å². The average Bonchev–Trinajstić information content (AvgIpc) is 2.15. The van der Waals surface area contributed by atoms with E-state index >= 15 is 0 Å². The number of rotatable bonds is 2. The molecule has 72 valence electrons. The number of hydrogen-bond acceptors (Lipinski definition) is 2. The number of nitrogens with one attached hydrogen (secondary N) is 2. The van der Waals surface area contributed by atoms with Gasteiger partial charge >= 0.3 is 0 Å². The van der Waals surface area contributed by atoms with E-state index in [0.717, 1.165) is 25.8 Å². The Labute approximate surface area is 79.3 Å². The van der Waals surface area contributed by atoms with Crippen LogP contribution < -0.4 is 10.6 Å². The molecule has 1 atom stereocenters. The zero-order chi connectivity index (χ0) is 9.73. The molecule has 0 aliphatic carbocycles. The fourth-order valence-corrected chi connectivity index (χ4v) is 1.58. The SMILES string of the molecule is C#CCNC(=O)C1(C)CCCCN1. The Kier molecular flexibility index (Phi) is 3.32. The van der Waals surface area contributed by atoms with E-state index in [0.29, 0.717) is 6.54 Å². The second-order valence-corrected chi connectivity index (χ2v) is 3.60. The molecule has 1 fully saturated rings. The van der Waals surface area contributed by atoms with Crippen molar-refractivity contribution in [1.29, 1.82) is 0 Å². The third kappa shape index (κ3) is 2.46. The number of hydrogen-bond donors (Lipinski definition) is 2. The van der Waals surface area contributed by atoms with Crippen molar-refractivity contribution >= 4 is 5.91 Å². The number of terminal acetylenes is 1. The maximum Gasteiger partial charge on any atom is 0.240 e. The van der Waals surface area contributed by atoms with Gasteiger partial charge in [-0.25, -0.2) is 0 Å². The van der Waals surface area contributed by atoms with Gasteiger partial charge in [0.05, 0.1) is 12.1 Å². The van der Waals surface area contributed by atoms with Crippen LogP contribution in [0.25, 0.3) is 0 Å². The van der Waals surface area contributed by atoms with Crippen molar-refractivity contribution in [2.24, 2.45) is 0 Å². The standard InChI is InChI=1S/C10H16N2O/c1-3-7-11-9(13)10(2)6-4-5-8-12-10/h1,12H,4-8H2,2H3,(H,11,13). The maximum absolute atomic E-state index is 11.6. The van der Waals surface area contributed by atoms with Crippen LogP contribution in [0.3, 0.4) is 0 Å². The molecule has 0 aromatic carbocycles. The smallest absolute Gasteiger partial charge is 0.240 e. The molecule has 3 heteroatoms. The highest BCUT2D eigenvalue weighted by Gasteiger charge is 2.33. The highest BCUT2D eigenvalue weighted by molar-refractivity contribution is 5.86. The number of amides is 1. The molecular formula is C10H16N2O. The first-order valence-electron chi connectivity index (χ1n) is 4.66. The summed E-state index contributed by atoms with van der Waals surface area (Å²) in [6.45, 7) is 3.16. The Morgan fingerprint density at radius 2 is 2.46 bits per heavy atom. The second kappa shape index (κ2) is 4.29. The molecule has 1 amide bonds. The zero-order valence-electron chi connectivity index (χ0n) is 8.02. The normalized spacial score (nSPS) is 27.7. The Hall–Kier alpha value is -1.01. The van der Waals surface area contributed by atoms with E-state index in [1.54, 1.807) is 0 Å². The molecule has 1 saturated heterocycles. The number of carbonyl (C=O) groups is 1. The summed E-state index contributed by atoms with van der Waals surface area (Å²) >= 11 is 0. The first-order chi connectivity index (χ1) is 6.19. The van der Waals surface area contributed by atoms with Crippen molar-refractivity contribution < 1.29 is 4.79 Å². The van der Waals surface area contributed by atoms with E-state index in [4.69, 9.17) is 6.42 Å². The van der Waals surface area contributed by atoms with Crippen LogP contribution in [0.2, 0.25) is 0 Å². The second-order valence-electron chi connectivity index (χ2n) is 3.60. The van der Waals surface area contributed by atoms with Crippen LogP contribution in [-0.4, -0.2) is 24.5 Å². The first kappa shape index (κ1) is 10.1. The van der Waals surface area contributed by atoms with Crippen molar-refractivity contribution in [3.63, 3.8) is 0 Å². The van der Waals surface area contributed by atoms with Crippen LogP contribution in [0.4, 0.5) is 0 Å². The van der Waals surface area contributed by atoms with Gasteiger partial charge in [-0.05, 0) is 32.7 Å². The lowest BCUT2D eigenvalue weighted by Crippen LogP contribution is -2.56. The van der Waals surface area contributed by atoms with E-state index < -0.39 is 5.54 Å². The van der Waals surface area contributed by atoms with Crippen LogP contribution in [-0.2, 0) is 4.79 Å². The highest BCUT2D eigenvalue weighted by atomic mass is 16.2. The molecule has 0 spiro atoms. The largest absolute Gasteiger partial charge is 0.344 e. The van der Waals surface area contributed by atoms with Crippen molar-refractivity contribution in [2.75, 3.05) is 13.1 Å². The van der Waals surface area contributed by atoms with Crippen molar-refractivity contribution in [2.45, 2.75) is 31.7 Å². The molecule has 0 bridgehead atoms. The summed E-state index contributed by atoms with van der Waals surface area (Å²) in [5.41, 5.74) is -0.408. The minimum atomic E-state index is -0.408. The van der Waals surface area contributed by atoms with Gasteiger partial charge in [0.15, 0.2) is 0 Å². The third-order valence-electron chi connectivity index (χ3n) is 2.47. The van der Waals surface area contributed by atoms with Gasteiger partial charge in [-0.1, -0.05) is 5.92 Å². The van der Waals surface area contributed by atoms with E-state index in [2.05, 4.69) is 16.6 Å². The molecule has 0 aromatic rings. The van der Waals surface area contributed by atoms with Gasteiger partial charge in [-0.2, -0.15) is 0 Å². The molecular weight excluding hydrogens is 164 g/mol. The van der Waals surface area contributed by atoms with Crippen LogP contribution in [0.5, 0.6) is 0 Å². The summed E-state index contributed by atoms with van der Waals surface area (Å²) in [6.07, 6.45) is 8.21. The summed E-state index contributed by atoms with van der Waals surface area (Å²) < 4.78 is 0. The molecule has 0 aromatic heterocycles. The predicted octanol–water partition coefficient (Wildman–Crippen LogP) is 0.268. The first-order valence-corrected chi connectivity index (χ1v) is 4.66. The number of carbonyl (C=O) groups excluding carboxylic acids is 1. The maximum atomic E-state index is 11.6. The predicted molar refractivity (Wildman–Crippen MR) is 52.1 cm³/mol. The molecule has 13 heavy (non-hydrogen) atoms. The van der Waals surface area contributed by atoms with E-state index in [1.807, 2.05) is 6.92 Å². The van der Waals surface area contributed by atoms with Gasteiger partial charge in [0.1, 0.15) is 0 Å². The third-order valence-corrected chi connectivity index (χ3v) is 2.47. The van der Waals surface area contributed by atoms with Gasteiger partial charge in [0, 0.05) is 0 Å². The Bertz CT molecular complexity index is 224. The van der Waals surface area contributed by atoms with Crippen molar-refractivity contribution in [1.82, 2.24) is 10.6 Å². The Morgan fingerprint density at radius 1 is 1.69 bits per heavy atom. The summed E-state index contributed by atoms with van der Waals surface area (Å²) in [5.74, 6) is 2.41. The topological polar surface area (TPSA) is 41.1 Å². The van der Waals surface area contributed by atoms with Crippen LogP contribution >= 0.6 is 0 Å². The molecule has 1 aliphatic rings. The zero-order valence-corrected chi connectivity index (χ0v) is 8.02. The van der Waals surface area contributed by atoms with Gasteiger partial charge in [-0.15, -0.1) is 6.42 Å². The van der Waals surface area contributed by atoms with Crippen LogP contribution in [0.15, 0.2) is 0 Å². The Morgan fingerprint density at radius 3 is 3.00 bits per heavy atom. The molecule has 1 unspecified atom stereocenters. The fourth-order valence-electron chi connectivity index (χ4n) is 1.58. The molecule has 2 N–H and O–H groups in total. The van der Waals surface area contributed by atoms with E-state index in [1.165, 1.54) is 0 Å². The quantitative estimate of drug-likeness (QED) is 0.599. The number of piperidine rings is 1. The molecule has 1 rings (SSSR count). The fraction of sp³-hybridized carbons (Fsp3) is 0.700. The summed E-state index contributed by atoms with van der Waals surface area (Å²) in [6, 6.07) is 0. The van der Waals surface area contributed by atoms with Gasteiger partial charge in [0.25, 0.3) is 0 Å². The minimum absolute atomic E-state index is 0.0187. The van der Waals surface area contributed by atoms with Crippen LogP contribution in [0.1, 0.15) is 26.2 Å². The molecule has 3 nitrogen and oxygen atoms in total. The lowest BCUT2D eigenvalue weighted by Gasteiger charge is -2.33. The molecule has 0 radical (unpaired) electrons. The Balaban J connectivity index is 2.47. The lowest BCUT2D eigenvalue weighted by molar-refractivity contribution is -0.127. The summed E-state index contributed by atoms with van der Waals surface area (Å²) in [7, 11) is 0. The highest BCUT2D eigenvalue weighted by Crippen LogP contribution is 2.18. The van der Waals surface area contributed by atoms with Crippen molar-refractivity contribution in [3.05, 3.63) is 0 Å². The monoisotopic (exact) mass is 180 g/mol. The van der Waals surface area contributed by atoms with E-state index in [9.17, 15) is 4.79 Å². The summed E-state index contributed by atoms with van der Waals surface area (Å²) in [4.78, 5) is 11.6. The minimum Gasteiger partial charge on any atom is -0.344 e. The molecule has 0 saturated carbocycles. The lowest BCUT2D eigenvalue weighted by atomic mass is 9.90. The van der Waals surface area contributed by atoms with Crippen LogP contribution in [0, 0.1) is 12.3 Å². The molecule has 1 aliphatic heterocycles. The molecule has 1 heterocycles. The van der Waals surface area contributed by atoms with Gasteiger partial charge in [-0.3, -0.25) is 4.79 Å². The van der Waals surface area contributed by atoms with Gasteiger partial charge in [0.2, 0.25) is 5.91 Å². The van der Waals surface area contributed by atoms with Gasteiger partial charge < -0.3 is 10.6 Å².